The normalized spacial score (nSPS) is 17.7. The third-order valence-electron chi connectivity index (χ3n) is 6.81. The Morgan fingerprint density at radius 3 is 2.74 bits per heavy atom. The van der Waals surface area contributed by atoms with Crippen LogP contribution in [0.5, 0.6) is 0 Å². The highest BCUT2D eigenvalue weighted by atomic mass is 16.7. The second kappa shape index (κ2) is 8.02. The van der Waals surface area contributed by atoms with E-state index in [4.69, 9.17) is 15.7 Å². The first-order valence-electron chi connectivity index (χ1n) is 11.7. The third kappa shape index (κ3) is 3.40. The third-order valence-corrected chi connectivity index (χ3v) is 6.81. The summed E-state index contributed by atoms with van der Waals surface area (Å²) < 4.78 is 2.15. The molecule has 1 saturated carbocycles. The fourth-order valence-corrected chi connectivity index (χ4v) is 5.34. The van der Waals surface area contributed by atoms with Gasteiger partial charge < -0.3 is 15.5 Å². The molecule has 0 atom stereocenters. The molecule has 7 nitrogen and oxygen atoms in total. The zero-order chi connectivity index (χ0) is 21.4. The highest BCUT2D eigenvalue weighted by molar-refractivity contribution is 6.09. The molecule has 2 N–H and O–H groups in total. The van der Waals surface area contributed by atoms with Crippen LogP contribution < -0.4 is 5.73 Å². The number of oxime groups is 1. The summed E-state index contributed by atoms with van der Waals surface area (Å²) in [4.78, 5) is 12.9. The summed E-state index contributed by atoms with van der Waals surface area (Å²) in [5.74, 6) is 1.54. The molecule has 2 aromatic heterocycles. The Balaban J connectivity index is 1.38. The van der Waals surface area contributed by atoms with Crippen LogP contribution in [-0.2, 0) is 17.8 Å². The van der Waals surface area contributed by atoms with Crippen LogP contribution in [-0.4, -0.2) is 37.8 Å². The average molecular weight is 421 g/mol. The number of aromatic nitrogens is 3. The largest absolute Gasteiger partial charge is 0.382 e. The lowest BCUT2D eigenvalue weighted by atomic mass is 10.0. The van der Waals surface area contributed by atoms with E-state index in [9.17, 15) is 0 Å². The van der Waals surface area contributed by atoms with Crippen LogP contribution in [0.4, 0.5) is 5.82 Å². The quantitative estimate of drug-likeness (QED) is 0.553. The summed E-state index contributed by atoms with van der Waals surface area (Å²) in [6, 6.07) is 8.24. The van der Waals surface area contributed by atoms with Gasteiger partial charge in [0, 0.05) is 42.4 Å². The molecule has 3 heterocycles. The van der Waals surface area contributed by atoms with Crippen molar-refractivity contribution < 1.29 is 4.84 Å². The van der Waals surface area contributed by atoms with E-state index >= 15 is 0 Å². The minimum atomic E-state index is -0.170. The molecule has 1 spiro atoms. The van der Waals surface area contributed by atoms with Crippen LogP contribution in [0, 0.1) is 0 Å². The van der Waals surface area contributed by atoms with Crippen molar-refractivity contribution in [2.24, 2.45) is 5.16 Å². The van der Waals surface area contributed by atoms with Crippen LogP contribution in [0.15, 0.2) is 29.4 Å². The monoisotopic (exact) mass is 420 g/mol. The molecule has 0 bridgehead atoms. The second-order valence-electron chi connectivity index (χ2n) is 8.90. The number of hydrogen-bond acceptors (Lipinski definition) is 6. The molecule has 1 fully saturated rings. The van der Waals surface area contributed by atoms with Crippen molar-refractivity contribution in [2.75, 3.05) is 12.3 Å². The highest BCUT2D eigenvalue weighted by Crippen LogP contribution is 2.40. The van der Waals surface area contributed by atoms with Crippen molar-refractivity contribution in [3.05, 3.63) is 30.0 Å². The van der Waals surface area contributed by atoms with E-state index in [2.05, 4.69) is 45.7 Å². The summed E-state index contributed by atoms with van der Waals surface area (Å²) in [7, 11) is 0. The van der Waals surface area contributed by atoms with Gasteiger partial charge in [-0.05, 0) is 51.5 Å². The lowest BCUT2D eigenvalue weighted by Gasteiger charge is -2.33. The van der Waals surface area contributed by atoms with Gasteiger partial charge in [0.05, 0.1) is 5.52 Å². The number of nitrogens with zero attached hydrogens (tertiary/aromatic N) is 5. The minimum absolute atomic E-state index is 0.170. The zero-order valence-electron chi connectivity index (χ0n) is 18.6. The number of amidine groups is 1. The van der Waals surface area contributed by atoms with Crippen LogP contribution in [0.1, 0.15) is 64.5 Å². The summed E-state index contributed by atoms with van der Waals surface area (Å²) in [5, 5.41) is 11.5. The molecule has 164 valence electrons. The van der Waals surface area contributed by atoms with Gasteiger partial charge in [-0.3, -0.25) is 4.68 Å². The van der Waals surface area contributed by atoms with Crippen LogP contribution in [0.2, 0.25) is 0 Å². The summed E-state index contributed by atoms with van der Waals surface area (Å²) in [5.41, 5.74) is 9.18. The molecule has 1 aliphatic heterocycles. The lowest BCUT2D eigenvalue weighted by Crippen LogP contribution is -2.46. The van der Waals surface area contributed by atoms with Crippen LogP contribution in [0.3, 0.4) is 0 Å². The second-order valence-corrected chi connectivity index (χ2v) is 8.90. The number of pyridine rings is 1. The number of anilines is 1. The zero-order valence-corrected chi connectivity index (χ0v) is 18.6. The molecule has 0 unspecified atom stereocenters. The van der Waals surface area contributed by atoms with Crippen LogP contribution in [0.25, 0.3) is 21.8 Å². The maximum atomic E-state index is 6.30. The molecule has 1 aliphatic carbocycles. The number of hydrogen-bond donors (Lipinski definition) is 1. The Morgan fingerprint density at radius 1 is 1.13 bits per heavy atom. The number of para-hydroxylation sites is 1. The Kier molecular flexibility index (Phi) is 5.20. The van der Waals surface area contributed by atoms with Crippen molar-refractivity contribution in [2.45, 2.75) is 77.5 Å². The van der Waals surface area contributed by atoms with E-state index in [0.717, 1.165) is 73.9 Å². The maximum absolute atomic E-state index is 6.30. The molecule has 2 aliphatic rings. The molecular formula is C24H32N6O. The van der Waals surface area contributed by atoms with E-state index in [-0.39, 0.29) is 5.72 Å². The van der Waals surface area contributed by atoms with Gasteiger partial charge in [0.2, 0.25) is 5.72 Å². The standard InChI is InChI=1S/C24H32N6O/c1-3-15-30-20(21-18-10-4-5-11-19(18)26-23(25)22(21)27-30)12-6-9-16-29-17(2)28-31-24(29)13-7-8-14-24/h4-5,10-11H,3,6-9,12-16H2,1-2H3,(H2,25,26). The van der Waals surface area contributed by atoms with E-state index in [1.54, 1.807) is 0 Å². The predicted molar refractivity (Wildman–Crippen MR) is 125 cm³/mol. The molecule has 0 saturated heterocycles. The van der Waals surface area contributed by atoms with Crippen molar-refractivity contribution in [3.8, 4) is 0 Å². The van der Waals surface area contributed by atoms with Gasteiger partial charge in [-0.25, -0.2) is 4.98 Å². The van der Waals surface area contributed by atoms with Gasteiger partial charge in [-0.15, -0.1) is 0 Å². The first-order valence-corrected chi connectivity index (χ1v) is 11.7. The Bertz CT molecular complexity index is 1130. The van der Waals surface area contributed by atoms with E-state index < -0.39 is 0 Å². The van der Waals surface area contributed by atoms with Gasteiger partial charge in [-0.1, -0.05) is 30.3 Å². The fraction of sp³-hybridized carbons (Fsp3) is 0.542. The van der Waals surface area contributed by atoms with Gasteiger partial charge >= 0.3 is 0 Å². The Labute approximate surface area is 183 Å². The number of aryl methyl sites for hydroxylation is 2. The Morgan fingerprint density at radius 2 is 1.94 bits per heavy atom. The summed E-state index contributed by atoms with van der Waals surface area (Å²) in [6.45, 7) is 6.14. The molecule has 5 rings (SSSR count). The van der Waals surface area contributed by atoms with Gasteiger partial charge in [0.15, 0.2) is 5.82 Å². The molecule has 3 aromatic rings. The number of nitrogens with two attached hydrogens (primary N) is 1. The van der Waals surface area contributed by atoms with Gasteiger partial charge in [0.1, 0.15) is 11.4 Å². The average Bonchev–Trinajstić information content (AvgIpc) is 3.46. The van der Waals surface area contributed by atoms with Crippen molar-refractivity contribution in [3.63, 3.8) is 0 Å². The maximum Gasteiger partial charge on any atom is 0.211 e. The molecule has 31 heavy (non-hydrogen) atoms. The first-order chi connectivity index (χ1) is 15.1. The summed E-state index contributed by atoms with van der Waals surface area (Å²) in [6.07, 6.45) is 8.81. The molecular weight excluding hydrogens is 388 g/mol. The van der Waals surface area contributed by atoms with E-state index in [1.807, 2.05) is 12.1 Å². The fourth-order valence-electron chi connectivity index (χ4n) is 5.34. The highest BCUT2D eigenvalue weighted by Gasteiger charge is 2.46. The first kappa shape index (κ1) is 20.1. The van der Waals surface area contributed by atoms with Crippen molar-refractivity contribution >= 4 is 33.5 Å². The van der Waals surface area contributed by atoms with E-state index in [0.29, 0.717) is 5.82 Å². The summed E-state index contributed by atoms with van der Waals surface area (Å²) >= 11 is 0. The lowest BCUT2D eigenvalue weighted by molar-refractivity contribution is -0.0931. The number of nitrogen functional groups attached to an aromatic ring is 1. The topological polar surface area (TPSA) is 81.6 Å². The number of fused-ring (bicyclic) bond motifs is 3. The molecule has 0 radical (unpaired) electrons. The molecule has 0 amide bonds. The van der Waals surface area contributed by atoms with Crippen molar-refractivity contribution in [1.82, 2.24) is 19.7 Å². The molecule has 1 aromatic carbocycles. The predicted octanol–water partition coefficient (Wildman–Crippen LogP) is 4.84. The number of rotatable bonds is 7. The van der Waals surface area contributed by atoms with Crippen molar-refractivity contribution in [1.29, 1.82) is 0 Å². The van der Waals surface area contributed by atoms with Gasteiger partial charge in [-0.2, -0.15) is 5.10 Å². The molecule has 7 heteroatoms. The smallest absolute Gasteiger partial charge is 0.211 e. The SMILES string of the molecule is CCCn1nc2c(N)nc3ccccc3c2c1CCCCN1C(C)=NOC12CCCC2. The van der Waals surface area contributed by atoms with Gasteiger partial charge in [0.25, 0.3) is 0 Å². The van der Waals surface area contributed by atoms with E-state index in [1.165, 1.54) is 23.9 Å². The number of unbranched alkanes of at least 4 members (excludes halogenated alkanes) is 1. The van der Waals surface area contributed by atoms with Crippen LogP contribution >= 0.6 is 0 Å². The Hall–Kier alpha value is -2.83. The minimum Gasteiger partial charge on any atom is -0.382 e. The number of benzene rings is 1.